The molecular formula is C12H21NO4S. The number of nitrogens with one attached hydrogen (secondary N) is 1. The third-order valence-corrected chi connectivity index (χ3v) is 4.30. The standard InChI is InChI=1S/C12H21NO4S/c14-11(9-18(17)8-7-12(15)16)13-10-5-3-1-2-4-6-10/h10H,1-9H2,(H,13,14)(H,15,16). The molecule has 2 N–H and O–H groups in total. The first-order valence-corrected chi connectivity index (χ1v) is 7.93. The Balaban J connectivity index is 2.23. The highest BCUT2D eigenvalue weighted by atomic mass is 32.2. The van der Waals surface area contributed by atoms with Gasteiger partial charge in [0.1, 0.15) is 5.75 Å². The fourth-order valence-electron chi connectivity index (χ4n) is 2.11. The largest absolute Gasteiger partial charge is 0.481 e. The summed E-state index contributed by atoms with van der Waals surface area (Å²) in [5.41, 5.74) is 0. The number of amides is 1. The van der Waals surface area contributed by atoms with Crippen molar-refractivity contribution in [2.75, 3.05) is 11.5 Å². The summed E-state index contributed by atoms with van der Waals surface area (Å²) in [5, 5.41) is 11.4. The van der Waals surface area contributed by atoms with Crippen molar-refractivity contribution in [2.24, 2.45) is 0 Å². The van der Waals surface area contributed by atoms with E-state index in [2.05, 4.69) is 5.32 Å². The number of carbonyl (C=O) groups excluding carboxylic acids is 1. The zero-order valence-electron chi connectivity index (χ0n) is 10.5. The molecular weight excluding hydrogens is 254 g/mol. The molecule has 1 rings (SSSR count). The highest BCUT2D eigenvalue weighted by Crippen LogP contribution is 2.17. The lowest BCUT2D eigenvalue weighted by atomic mass is 10.1. The second-order valence-electron chi connectivity index (χ2n) is 4.69. The van der Waals surface area contributed by atoms with Gasteiger partial charge in [-0.2, -0.15) is 0 Å². The number of carbonyl (C=O) groups is 2. The molecule has 0 saturated heterocycles. The van der Waals surface area contributed by atoms with Crippen LogP contribution in [0.15, 0.2) is 0 Å². The first-order valence-electron chi connectivity index (χ1n) is 6.44. The number of hydrogen-bond acceptors (Lipinski definition) is 3. The average molecular weight is 275 g/mol. The molecule has 1 unspecified atom stereocenters. The average Bonchev–Trinajstić information content (AvgIpc) is 2.54. The van der Waals surface area contributed by atoms with Crippen LogP contribution in [-0.4, -0.2) is 38.7 Å². The topological polar surface area (TPSA) is 83.5 Å². The molecule has 1 amide bonds. The van der Waals surface area contributed by atoms with Crippen molar-refractivity contribution in [3.8, 4) is 0 Å². The number of aliphatic carboxylic acids is 1. The predicted molar refractivity (Wildman–Crippen MR) is 69.8 cm³/mol. The molecule has 0 bridgehead atoms. The maximum Gasteiger partial charge on any atom is 0.304 e. The second-order valence-corrected chi connectivity index (χ2v) is 6.26. The molecule has 0 aromatic carbocycles. The van der Waals surface area contributed by atoms with E-state index in [0.29, 0.717) is 0 Å². The van der Waals surface area contributed by atoms with E-state index in [9.17, 15) is 13.8 Å². The molecule has 1 atom stereocenters. The van der Waals surface area contributed by atoms with E-state index in [1.807, 2.05) is 0 Å². The SMILES string of the molecule is O=C(O)CCS(=O)CC(=O)NC1CCCCCC1. The third-order valence-electron chi connectivity index (χ3n) is 3.06. The highest BCUT2D eigenvalue weighted by molar-refractivity contribution is 7.85. The maximum atomic E-state index is 11.6. The fourth-order valence-corrected chi connectivity index (χ4v) is 3.03. The van der Waals surface area contributed by atoms with Crippen molar-refractivity contribution in [3.63, 3.8) is 0 Å². The molecule has 0 aromatic rings. The van der Waals surface area contributed by atoms with E-state index >= 15 is 0 Å². The summed E-state index contributed by atoms with van der Waals surface area (Å²) in [7, 11) is -1.37. The molecule has 0 spiro atoms. The van der Waals surface area contributed by atoms with E-state index in [0.717, 1.165) is 25.7 Å². The quantitative estimate of drug-likeness (QED) is 0.710. The molecule has 18 heavy (non-hydrogen) atoms. The van der Waals surface area contributed by atoms with Gasteiger partial charge in [0, 0.05) is 22.6 Å². The van der Waals surface area contributed by atoms with Gasteiger partial charge in [-0.15, -0.1) is 0 Å². The minimum absolute atomic E-state index is 0.0490. The van der Waals surface area contributed by atoms with Gasteiger partial charge in [0.05, 0.1) is 6.42 Å². The molecule has 5 nitrogen and oxygen atoms in total. The summed E-state index contributed by atoms with van der Waals surface area (Å²) in [6.07, 6.45) is 6.54. The van der Waals surface area contributed by atoms with Crippen molar-refractivity contribution >= 4 is 22.7 Å². The van der Waals surface area contributed by atoms with Crippen molar-refractivity contribution in [3.05, 3.63) is 0 Å². The van der Waals surface area contributed by atoms with Crippen molar-refractivity contribution in [2.45, 2.75) is 51.0 Å². The van der Waals surface area contributed by atoms with Gasteiger partial charge in [-0.05, 0) is 12.8 Å². The molecule has 0 heterocycles. The van der Waals surface area contributed by atoms with E-state index in [1.54, 1.807) is 0 Å². The van der Waals surface area contributed by atoms with Crippen molar-refractivity contribution < 1.29 is 18.9 Å². The lowest BCUT2D eigenvalue weighted by molar-refractivity contribution is -0.136. The molecule has 0 aliphatic heterocycles. The molecule has 6 heteroatoms. The lowest BCUT2D eigenvalue weighted by Gasteiger charge is -2.15. The van der Waals surface area contributed by atoms with Crippen LogP contribution in [0.1, 0.15) is 44.9 Å². The van der Waals surface area contributed by atoms with Crippen LogP contribution in [-0.2, 0) is 20.4 Å². The number of carboxylic acids is 1. The van der Waals surface area contributed by atoms with Gasteiger partial charge in [0.2, 0.25) is 5.91 Å². The van der Waals surface area contributed by atoms with Crippen LogP contribution in [0.2, 0.25) is 0 Å². The van der Waals surface area contributed by atoms with Crippen LogP contribution in [0.25, 0.3) is 0 Å². The Kier molecular flexibility index (Phi) is 6.93. The molecule has 1 fully saturated rings. The van der Waals surface area contributed by atoms with Gasteiger partial charge in [0.15, 0.2) is 0 Å². The first kappa shape index (κ1) is 15.1. The summed E-state index contributed by atoms with van der Waals surface area (Å²) in [5.74, 6) is -1.23. The van der Waals surface area contributed by atoms with Crippen LogP contribution < -0.4 is 5.32 Å². The van der Waals surface area contributed by atoms with Crippen molar-refractivity contribution in [1.29, 1.82) is 0 Å². The number of hydrogen-bond donors (Lipinski definition) is 2. The van der Waals surface area contributed by atoms with Crippen LogP contribution in [0.5, 0.6) is 0 Å². The number of carboxylic acid groups (broad SMARTS) is 1. The van der Waals surface area contributed by atoms with Crippen molar-refractivity contribution in [1.82, 2.24) is 5.32 Å². The Labute approximate surface area is 110 Å². The van der Waals surface area contributed by atoms with E-state index in [4.69, 9.17) is 5.11 Å². The molecule has 1 saturated carbocycles. The predicted octanol–water partition coefficient (Wildman–Crippen LogP) is 1.05. The minimum atomic E-state index is -1.37. The van der Waals surface area contributed by atoms with Gasteiger partial charge in [-0.1, -0.05) is 25.7 Å². The van der Waals surface area contributed by atoms with Gasteiger partial charge < -0.3 is 10.4 Å². The minimum Gasteiger partial charge on any atom is -0.481 e. The summed E-state index contributed by atoms with van der Waals surface area (Å²) in [6.45, 7) is 0. The van der Waals surface area contributed by atoms with Crippen LogP contribution >= 0.6 is 0 Å². The van der Waals surface area contributed by atoms with E-state index in [1.165, 1.54) is 12.8 Å². The van der Waals surface area contributed by atoms with Gasteiger partial charge in [-0.25, -0.2) is 0 Å². The lowest BCUT2D eigenvalue weighted by Crippen LogP contribution is -2.37. The zero-order valence-corrected chi connectivity index (χ0v) is 11.3. The monoisotopic (exact) mass is 275 g/mol. The van der Waals surface area contributed by atoms with Gasteiger partial charge in [-0.3, -0.25) is 13.8 Å². The Hall–Kier alpha value is -0.910. The first-order chi connectivity index (χ1) is 8.58. The highest BCUT2D eigenvalue weighted by Gasteiger charge is 2.16. The summed E-state index contributed by atoms with van der Waals surface area (Å²) >= 11 is 0. The summed E-state index contributed by atoms with van der Waals surface area (Å²) in [6, 6.07) is 0.205. The number of rotatable bonds is 6. The van der Waals surface area contributed by atoms with Crippen LogP contribution in [0.3, 0.4) is 0 Å². The molecule has 1 aliphatic carbocycles. The van der Waals surface area contributed by atoms with Gasteiger partial charge in [0.25, 0.3) is 0 Å². The Morgan fingerprint density at radius 3 is 2.33 bits per heavy atom. The van der Waals surface area contributed by atoms with E-state index < -0.39 is 16.8 Å². The summed E-state index contributed by atoms with van der Waals surface area (Å²) in [4.78, 5) is 21.9. The Morgan fingerprint density at radius 2 is 1.78 bits per heavy atom. The molecule has 0 aromatic heterocycles. The molecule has 0 radical (unpaired) electrons. The van der Waals surface area contributed by atoms with Crippen LogP contribution in [0.4, 0.5) is 0 Å². The van der Waals surface area contributed by atoms with Gasteiger partial charge >= 0.3 is 5.97 Å². The third kappa shape index (κ3) is 6.74. The fraction of sp³-hybridized carbons (Fsp3) is 0.833. The second kappa shape index (κ2) is 8.24. The summed E-state index contributed by atoms with van der Waals surface area (Å²) < 4.78 is 11.5. The molecule has 1 aliphatic rings. The normalized spacial score (nSPS) is 18.9. The Morgan fingerprint density at radius 1 is 1.17 bits per heavy atom. The molecule has 104 valence electrons. The van der Waals surface area contributed by atoms with Crippen LogP contribution in [0, 0.1) is 0 Å². The Bertz CT molecular complexity index is 311. The zero-order chi connectivity index (χ0) is 13.4. The smallest absolute Gasteiger partial charge is 0.304 e. The maximum absolute atomic E-state index is 11.6. The van der Waals surface area contributed by atoms with E-state index in [-0.39, 0.29) is 29.9 Å².